The molecule has 1 fully saturated rings. The zero-order valence-electron chi connectivity index (χ0n) is 13.7. The Morgan fingerprint density at radius 1 is 1.17 bits per heavy atom. The normalized spacial score (nSPS) is 16.4. The van der Waals surface area contributed by atoms with Crippen molar-refractivity contribution in [2.45, 2.75) is 19.8 Å². The van der Waals surface area contributed by atoms with E-state index < -0.39 is 0 Å². The fraction of sp³-hybridized carbons (Fsp3) is 0.263. The number of imide groups is 1. The van der Waals surface area contributed by atoms with E-state index in [4.69, 9.17) is 4.74 Å². The Balaban J connectivity index is 2.08. The number of fused-ring (bicyclic) bond motifs is 1. The van der Waals surface area contributed by atoms with Crippen molar-refractivity contribution in [3.63, 3.8) is 0 Å². The van der Waals surface area contributed by atoms with Crippen LogP contribution >= 0.6 is 11.8 Å². The number of carbonyl (C=O) groups is 2. The first kappa shape index (κ1) is 16.6. The van der Waals surface area contributed by atoms with Gasteiger partial charge in [0.2, 0.25) is 0 Å². The lowest BCUT2D eigenvalue weighted by molar-refractivity contribution is -0.121. The van der Waals surface area contributed by atoms with Gasteiger partial charge in [-0.1, -0.05) is 43.7 Å². The molecule has 3 rings (SSSR count). The van der Waals surface area contributed by atoms with Crippen LogP contribution in [0.25, 0.3) is 16.8 Å². The summed E-state index contributed by atoms with van der Waals surface area (Å²) in [6, 6.07) is 11.9. The van der Waals surface area contributed by atoms with Crippen molar-refractivity contribution in [1.82, 2.24) is 4.90 Å². The molecule has 2 aromatic rings. The van der Waals surface area contributed by atoms with Gasteiger partial charge in [-0.3, -0.25) is 14.5 Å². The van der Waals surface area contributed by atoms with Crippen molar-refractivity contribution < 1.29 is 14.3 Å². The molecule has 1 heterocycles. The first-order valence-corrected chi connectivity index (χ1v) is 8.79. The molecule has 0 unspecified atom stereocenters. The van der Waals surface area contributed by atoms with Crippen LogP contribution in [0.15, 0.2) is 41.3 Å². The molecular formula is C19H19NO3S. The molecule has 0 N–H and O–H groups in total. The summed E-state index contributed by atoms with van der Waals surface area (Å²) in [5, 5.41) is 1.83. The second kappa shape index (κ2) is 7.09. The van der Waals surface area contributed by atoms with Gasteiger partial charge < -0.3 is 4.74 Å². The third-order valence-electron chi connectivity index (χ3n) is 3.95. The number of unbranched alkanes of at least 4 members (excludes halogenated alkanes) is 1. The molecule has 1 aliphatic heterocycles. The lowest BCUT2D eigenvalue weighted by atomic mass is 10.0. The Bertz CT molecular complexity index is 828. The number of thioether (sulfide) groups is 1. The average Bonchev–Trinajstić information content (AvgIpc) is 2.84. The molecule has 0 aliphatic carbocycles. The highest BCUT2D eigenvalue weighted by molar-refractivity contribution is 8.18. The average molecular weight is 341 g/mol. The Morgan fingerprint density at radius 3 is 2.67 bits per heavy atom. The van der Waals surface area contributed by atoms with Crippen LogP contribution in [0.2, 0.25) is 0 Å². The van der Waals surface area contributed by atoms with Crippen LogP contribution in [0.1, 0.15) is 25.3 Å². The zero-order chi connectivity index (χ0) is 17.1. The highest BCUT2D eigenvalue weighted by Gasteiger charge is 2.32. The van der Waals surface area contributed by atoms with Crippen LogP contribution in [0.4, 0.5) is 4.79 Å². The predicted molar refractivity (Wildman–Crippen MR) is 98.1 cm³/mol. The number of ether oxygens (including phenoxy) is 1. The van der Waals surface area contributed by atoms with Gasteiger partial charge in [-0.2, -0.15) is 0 Å². The van der Waals surface area contributed by atoms with Gasteiger partial charge >= 0.3 is 0 Å². The van der Waals surface area contributed by atoms with Crippen LogP contribution in [-0.2, 0) is 4.79 Å². The second-order valence-corrected chi connectivity index (χ2v) is 6.63. The van der Waals surface area contributed by atoms with E-state index in [2.05, 4.69) is 6.92 Å². The van der Waals surface area contributed by atoms with E-state index in [-0.39, 0.29) is 11.1 Å². The van der Waals surface area contributed by atoms with E-state index >= 15 is 0 Å². The van der Waals surface area contributed by atoms with Crippen LogP contribution in [0.3, 0.4) is 0 Å². The topological polar surface area (TPSA) is 46.6 Å². The molecule has 0 bridgehead atoms. The number of hydrogen-bond donors (Lipinski definition) is 0. The third-order valence-corrected chi connectivity index (χ3v) is 4.91. The summed E-state index contributed by atoms with van der Waals surface area (Å²) >= 11 is 0.965. The molecule has 0 saturated carbocycles. The fourth-order valence-corrected chi connectivity index (χ4v) is 3.36. The summed E-state index contributed by atoms with van der Waals surface area (Å²) in [6.07, 6.45) is 3.80. The quantitative estimate of drug-likeness (QED) is 0.585. The van der Waals surface area contributed by atoms with Crippen LogP contribution in [0.5, 0.6) is 5.75 Å². The van der Waals surface area contributed by atoms with Crippen molar-refractivity contribution in [3.8, 4) is 5.75 Å². The van der Waals surface area contributed by atoms with Gasteiger partial charge in [-0.25, -0.2) is 0 Å². The summed E-state index contributed by atoms with van der Waals surface area (Å²) in [5.74, 6) is 0.475. The summed E-state index contributed by atoms with van der Waals surface area (Å²) in [5.41, 5.74) is 0.850. The molecule has 1 aliphatic rings. The second-order valence-electron chi connectivity index (χ2n) is 5.64. The van der Waals surface area contributed by atoms with Crippen LogP contribution < -0.4 is 4.74 Å². The fourth-order valence-electron chi connectivity index (χ4n) is 2.55. The number of hydrogen-bond acceptors (Lipinski definition) is 4. The minimum atomic E-state index is -0.266. The Hall–Kier alpha value is -2.27. The van der Waals surface area contributed by atoms with Gasteiger partial charge in [0.05, 0.1) is 11.5 Å². The van der Waals surface area contributed by atoms with Crippen molar-refractivity contribution in [2.75, 3.05) is 13.7 Å². The smallest absolute Gasteiger partial charge is 0.293 e. The molecule has 24 heavy (non-hydrogen) atoms. The standard InChI is InChI=1S/C19H19NO3S/c1-3-4-11-23-16-10-9-13-7-5-6-8-14(13)15(16)12-17-18(21)20(2)19(22)24-17/h5-10,12H,3-4,11H2,1-2H3/b17-12-. The molecule has 2 amide bonds. The molecule has 2 aromatic carbocycles. The number of amides is 2. The SMILES string of the molecule is CCCCOc1ccc2ccccc2c1/C=C1\SC(=O)N(C)C1=O. The Kier molecular flexibility index (Phi) is 4.90. The van der Waals surface area contributed by atoms with Gasteiger partial charge in [-0.15, -0.1) is 0 Å². The number of likely N-dealkylation sites (N-methyl/N-ethyl adjacent to an activating group) is 1. The third kappa shape index (κ3) is 3.17. The maximum absolute atomic E-state index is 12.2. The summed E-state index contributed by atoms with van der Waals surface area (Å²) < 4.78 is 5.92. The lowest BCUT2D eigenvalue weighted by Crippen LogP contribution is -2.22. The van der Waals surface area contributed by atoms with Gasteiger partial charge in [0.15, 0.2) is 0 Å². The lowest BCUT2D eigenvalue weighted by Gasteiger charge is -2.12. The largest absolute Gasteiger partial charge is 0.493 e. The molecule has 4 nitrogen and oxygen atoms in total. The van der Waals surface area contributed by atoms with Crippen molar-refractivity contribution in [2.24, 2.45) is 0 Å². The van der Waals surface area contributed by atoms with Gasteiger partial charge in [-0.05, 0) is 41.1 Å². The molecule has 0 aromatic heterocycles. The number of benzene rings is 2. The summed E-state index contributed by atoms with van der Waals surface area (Å²) in [7, 11) is 1.50. The highest BCUT2D eigenvalue weighted by atomic mass is 32.2. The molecule has 5 heteroatoms. The minimum absolute atomic E-state index is 0.250. The molecular weight excluding hydrogens is 322 g/mol. The van der Waals surface area contributed by atoms with Crippen molar-refractivity contribution in [1.29, 1.82) is 0 Å². The first-order chi connectivity index (χ1) is 11.6. The number of nitrogens with zero attached hydrogens (tertiary/aromatic N) is 1. The van der Waals surface area contributed by atoms with Gasteiger partial charge in [0.25, 0.3) is 11.1 Å². The van der Waals surface area contributed by atoms with Gasteiger partial charge in [0, 0.05) is 12.6 Å². The van der Waals surface area contributed by atoms with Crippen molar-refractivity contribution >= 4 is 39.8 Å². The molecule has 0 atom stereocenters. The maximum Gasteiger partial charge on any atom is 0.293 e. The van der Waals surface area contributed by atoms with E-state index in [9.17, 15) is 9.59 Å². The minimum Gasteiger partial charge on any atom is -0.493 e. The van der Waals surface area contributed by atoms with Crippen LogP contribution in [-0.4, -0.2) is 29.7 Å². The summed E-state index contributed by atoms with van der Waals surface area (Å²) in [4.78, 5) is 25.5. The Morgan fingerprint density at radius 2 is 1.96 bits per heavy atom. The summed E-state index contributed by atoms with van der Waals surface area (Å²) in [6.45, 7) is 2.74. The van der Waals surface area contributed by atoms with Gasteiger partial charge in [0.1, 0.15) is 5.75 Å². The number of rotatable bonds is 5. The van der Waals surface area contributed by atoms with E-state index in [0.29, 0.717) is 11.5 Å². The Labute approximate surface area is 145 Å². The number of carbonyl (C=O) groups excluding carboxylic acids is 2. The van der Waals surface area contributed by atoms with E-state index in [1.54, 1.807) is 6.08 Å². The maximum atomic E-state index is 12.2. The van der Waals surface area contributed by atoms with Crippen molar-refractivity contribution in [3.05, 3.63) is 46.9 Å². The van der Waals surface area contributed by atoms with E-state index in [1.165, 1.54) is 7.05 Å². The predicted octanol–water partition coefficient (Wildman–Crippen LogP) is 4.68. The van der Waals surface area contributed by atoms with Crippen LogP contribution in [0, 0.1) is 0 Å². The van der Waals surface area contributed by atoms with E-state index in [1.807, 2.05) is 36.4 Å². The zero-order valence-corrected chi connectivity index (χ0v) is 14.6. The molecule has 1 saturated heterocycles. The highest BCUT2D eigenvalue weighted by Crippen LogP contribution is 2.36. The monoisotopic (exact) mass is 341 g/mol. The van der Waals surface area contributed by atoms with E-state index in [0.717, 1.165) is 51.6 Å². The molecule has 124 valence electrons. The molecule has 0 spiro atoms. The first-order valence-electron chi connectivity index (χ1n) is 7.98. The molecule has 0 radical (unpaired) electrons.